The van der Waals surface area contributed by atoms with Crippen LogP contribution in [0.2, 0.25) is 0 Å². The van der Waals surface area contributed by atoms with E-state index in [1.54, 1.807) is 0 Å². The van der Waals surface area contributed by atoms with Crippen molar-refractivity contribution in [2.24, 2.45) is 4.99 Å². The van der Waals surface area contributed by atoms with Crippen LogP contribution in [0, 0.1) is 0 Å². The van der Waals surface area contributed by atoms with Crippen molar-refractivity contribution >= 4 is 5.96 Å². The molecule has 156 valence electrons. The van der Waals surface area contributed by atoms with E-state index in [0.29, 0.717) is 19.8 Å². The SMILES string of the molecule is CCNC(=NCc1ccccc1COCc1ccccc1)NCCc1ccccn1. The summed E-state index contributed by atoms with van der Waals surface area (Å²) < 4.78 is 5.93. The highest BCUT2D eigenvalue weighted by molar-refractivity contribution is 5.79. The molecule has 2 aromatic carbocycles. The summed E-state index contributed by atoms with van der Waals surface area (Å²) in [6.45, 7) is 5.45. The first-order chi connectivity index (χ1) is 14.8. The van der Waals surface area contributed by atoms with Crippen LogP contribution in [0.3, 0.4) is 0 Å². The lowest BCUT2D eigenvalue weighted by atomic mass is 10.1. The van der Waals surface area contributed by atoms with Gasteiger partial charge in [0.25, 0.3) is 0 Å². The molecule has 0 atom stereocenters. The van der Waals surface area contributed by atoms with Gasteiger partial charge in [-0.3, -0.25) is 4.98 Å². The van der Waals surface area contributed by atoms with Crippen LogP contribution in [-0.2, 0) is 30.9 Å². The molecular weight excluding hydrogens is 372 g/mol. The first kappa shape index (κ1) is 21.5. The normalized spacial score (nSPS) is 11.3. The molecular formula is C25H30N4O. The molecule has 0 unspecified atom stereocenters. The second-order valence-electron chi connectivity index (χ2n) is 6.94. The summed E-state index contributed by atoms with van der Waals surface area (Å²) in [4.78, 5) is 9.12. The standard InChI is InChI=1S/C25H30N4O/c1-2-26-25(28-17-15-24-14-8-9-16-27-24)29-18-22-12-6-7-13-23(22)20-30-19-21-10-4-3-5-11-21/h3-14,16H,2,15,17-20H2,1H3,(H2,26,28,29). The van der Waals surface area contributed by atoms with Crippen molar-refractivity contribution < 1.29 is 4.74 Å². The van der Waals surface area contributed by atoms with Gasteiger partial charge in [0, 0.05) is 31.4 Å². The van der Waals surface area contributed by atoms with Gasteiger partial charge in [-0.2, -0.15) is 0 Å². The monoisotopic (exact) mass is 402 g/mol. The fraction of sp³-hybridized carbons (Fsp3) is 0.280. The van der Waals surface area contributed by atoms with Gasteiger partial charge < -0.3 is 15.4 Å². The molecule has 30 heavy (non-hydrogen) atoms. The molecule has 2 N–H and O–H groups in total. The minimum atomic E-state index is 0.574. The average Bonchev–Trinajstić information content (AvgIpc) is 2.80. The average molecular weight is 403 g/mol. The van der Waals surface area contributed by atoms with Gasteiger partial charge in [-0.05, 0) is 35.7 Å². The fourth-order valence-corrected chi connectivity index (χ4v) is 3.07. The van der Waals surface area contributed by atoms with Gasteiger partial charge in [0.1, 0.15) is 0 Å². The number of aliphatic imine (C=N–C) groups is 1. The molecule has 0 aliphatic rings. The highest BCUT2D eigenvalue weighted by Crippen LogP contribution is 2.13. The Bertz CT molecular complexity index is 897. The van der Waals surface area contributed by atoms with Crippen molar-refractivity contribution in [2.45, 2.75) is 33.1 Å². The zero-order valence-corrected chi connectivity index (χ0v) is 17.6. The van der Waals surface area contributed by atoms with E-state index in [4.69, 9.17) is 9.73 Å². The van der Waals surface area contributed by atoms with Crippen LogP contribution >= 0.6 is 0 Å². The summed E-state index contributed by atoms with van der Waals surface area (Å²) in [7, 11) is 0. The minimum absolute atomic E-state index is 0.574. The number of rotatable bonds is 10. The zero-order valence-electron chi connectivity index (χ0n) is 17.6. The molecule has 5 heteroatoms. The maximum Gasteiger partial charge on any atom is 0.191 e. The van der Waals surface area contributed by atoms with Crippen molar-refractivity contribution in [1.82, 2.24) is 15.6 Å². The van der Waals surface area contributed by atoms with E-state index in [9.17, 15) is 0 Å². The Morgan fingerprint density at radius 1 is 0.867 bits per heavy atom. The predicted octanol–water partition coefficient (Wildman–Crippen LogP) is 4.10. The molecule has 5 nitrogen and oxygen atoms in total. The molecule has 3 aromatic rings. The van der Waals surface area contributed by atoms with Crippen molar-refractivity contribution in [1.29, 1.82) is 0 Å². The Hall–Kier alpha value is -3.18. The number of nitrogens with zero attached hydrogens (tertiary/aromatic N) is 2. The molecule has 0 aliphatic heterocycles. The molecule has 1 aromatic heterocycles. The highest BCUT2D eigenvalue weighted by atomic mass is 16.5. The number of guanidine groups is 1. The maximum absolute atomic E-state index is 5.93. The van der Waals surface area contributed by atoms with E-state index < -0.39 is 0 Å². The second kappa shape index (κ2) is 12.4. The van der Waals surface area contributed by atoms with E-state index >= 15 is 0 Å². The number of hydrogen-bond acceptors (Lipinski definition) is 3. The van der Waals surface area contributed by atoms with Crippen LogP contribution in [0.5, 0.6) is 0 Å². The third-order valence-electron chi connectivity index (χ3n) is 4.64. The van der Waals surface area contributed by atoms with Gasteiger partial charge in [-0.1, -0.05) is 60.7 Å². The zero-order chi connectivity index (χ0) is 20.9. The van der Waals surface area contributed by atoms with Crippen molar-refractivity contribution in [2.75, 3.05) is 13.1 Å². The smallest absolute Gasteiger partial charge is 0.191 e. The molecule has 1 heterocycles. The van der Waals surface area contributed by atoms with E-state index in [1.165, 1.54) is 16.7 Å². The summed E-state index contributed by atoms with van der Waals surface area (Å²) in [5, 5.41) is 6.70. The highest BCUT2D eigenvalue weighted by Gasteiger charge is 2.04. The van der Waals surface area contributed by atoms with Gasteiger partial charge in [-0.25, -0.2) is 4.99 Å². The Morgan fingerprint density at radius 2 is 1.63 bits per heavy atom. The van der Waals surface area contributed by atoms with Gasteiger partial charge in [0.05, 0.1) is 19.8 Å². The lowest BCUT2D eigenvalue weighted by molar-refractivity contribution is 0.106. The number of ether oxygens (including phenoxy) is 1. The Balaban J connectivity index is 1.54. The van der Waals surface area contributed by atoms with Gasteiger partial charge in [0.15, 0.2) is 5.96 Å². The van der Waals surface area contributed by atoms with Gasteiger partial charge in [-0.15, -0.1) is 0 Å². The fourth-order valence-electron chi connectivity index (χ4n) is 3.07. The van der Waals surface area contributed by atoms with E-state index in [-0.39, 0.29) is 0 Å². The molecule has 3 rings (SSSR count). The topological polar surface area (TPSA) is 58.5 Å². The molecule has 0 saturated heterocycles. The number of pyridine rings is 1. The van der Waals surface area contributed by atoms with Gasteiger partial charge >= 0.3 is 0 Å². The quantitative estimate of drug-likeness (QED) is 0.396. The molecule has 0 spiro atoms. The molecule has 0 bridgehead atoms. The minimum Gasteiger partial charge on any atom is -0.372 e. The van der Waals surface area contributed by atoms with Gasteiger partial charge in [0.2, 0.25) is 0 Å². The summed E-state index contributed by atoms with van der Waals surface area (Å²) >= 11 is 0. The number of hydrogen-bond donors (Lipinski definition) is 2. The lowest BCUT2D eigenvalue weighted by Gasteiger charge is -2.13. The van der Waals surface area contributed by atoms with Crippen molar-refractivity contribution in [3.63, 3.8) is 0 Å². The molecule has 0 saturated carbocycles. The first-order valence-corrected chi connectivity index (χ1v) is 10.5. The maximum atomic E-state index is 5.93. The number of nitrogens with one attached hydrogen (secondary N) is 2. The molecule has 0 fully saturated rings. The summed E-state index contributed by atoms with van der Waals surface area (Å²) in [6, 6.07) is 24.5. The summed E-state index contributed by atoms with van der Waals surface area (Å²) in [5.41, 5.74) is 4.59. The van der Waals surface area contributed by atoms with E-state index in [0.717, 1.165) is 31.2 Å². The Kier molecular flexibility index (Phi) is 8.90. The largest absolute Gasteiger partial charge is 0.372 e. The molecule has 0 amide bonds. The Labute approximate surface area is 179 Å². The van der Waals surface area contributed by atoms with E-state index in [2.05, 4.69) is 46.8 Å². The van der Waals surface area contributed by atoms with Crippen LogP contribution < -0.4 is 10.6 Å². The predicted molar refractivity (Wildman–Crippen MR) is 122 cm³/mol. The number of aromatic nitrogens is 1. The molecule has 0 radical (unpaired) electrons. The van der Waals surface area contributed by atoms with Crippen LogP contribution in [0.25, 0.3) is 0 Å². The van der Waals surface area contributed by atoms with Crippen LogP contribution in [0.4, 0.5) is 0 Å². The lowest BCUT2D eigenvalue weighted by Crippen LogP contribution is -2.38. The summed E-state index contributed by atoms with van der Waals surface area (Å²) in [5.74, 6) is 0.813. The first-order valence-electron chi connectivity index (χ1n) is 10.5. The second-order valence-corrected chi connectivity index (χ2v) is 6.94. The van der Waals surface area contributed by atoms with Crippen LogP contribution in [0.1, 0.15) is 29.3 Å². The van der Waals surface area contributed by atoms with E-state index in [1.807, 2.05) is 54.7 Å². The van der Waals surface area contributed by atoms with Crippen LogP contribution in [-0.4, -0.2) is 24.0 Å². The molecule has 0 aliphatic carbocycles. The Morgan fingerprint density at radius 3 is 2.40 bits per heavy atom. The van der Waals surface area contributed by atoms with Crippen molar-refractivity contribution in [3.8, 4) is 0 Å². The number of benzene rings is 2. The van der Waals surface area contributed by atoms with Crippen LogP contribution in [0.15, 0.2) is 84.0 Å². The third-order valence-corrected chi connectivity index (χ3v) is 4.64. The third kappa shape index (κ3) is 7.33. The summed E-state index contributed by atoms with van der Waals surface area (Å²) in [6.07, 6.45) is 2.68. The van der Waals surface area contributed by atoms with Crippen molar-refractivity contribution in [3.05, 3.63) is 101 Å².